The van der Waals surface area contributed by atoms with Crippen LogP contribution in [0.15, 0.2) is 18.2 Å². The summed E-state index contributed by atoms with van der Waals surface area (Å²) in [4.78, 5) is 36.6. The molecule has 0 aromatic heterocycles. The molecule has 0 radical (unpaired) electrons. The number of benzene rings is 2. The van der Waals surface area contributed by atoms with Crippen molar-refractivity contribution in [2.45, 2.75) is 40.2 Å². The molecule has 1 N–H and O–H groups in total. The molecular formula is C22H22O6. The maximum absolute atomic E-state index is 12.8. The molecule has 0 unspecified atom stereocenters. The number of fused-ring (bicyclic) bond motifs is 1. The smallest absolute Gasteiger partial charge is 0.174 e. The minimum Gasteiger partial charge on any atom is -0.507 e. The van der Waals surface area contributed by atoms with Crippen molar-refractivity contribution >= 4 is 17.3 Å². The van der Waals surface area contributed by atoms with Gasteiger partial charge in [-0.25, -0.2) is 0 Å². The van der Waals surface area contributed by atoms with E-state index in [4.69, 9.17) is 9.47 Å². The maximum atomic E-state index is 12.8. The highest BCUT2D eigenvalue weighted by atomic mass is 16.5. The largest absolute Gasteiger partial charge is 0.507 e. The fraction of sp³-hybridized carbons (Fsp3) is 0.318. The number of ketones is 3. The van der Waals surface area contributed by atoms with Gasteiger partial charge in [-0.3, -0.25) is 14.4 Å². The first-order valence-electron chi connectivity index (χ1n) is 8.93. The zero-order valence-corrected chi connectivity index (χ0v) is 16.5. The van der Waals surface area contributed by atoms with Crippen LogP contribution >= 0.6 is 0 Å². The molecule has 0 amide bonds. The standard InChI is InChI=1S/C22H22O6/c1-10-19(13(4)24)11(2)22-20(21(10)26)16(25)9-17(28-22)14-6-7-15(12(3)23)18(8-14)27-5/h6-8,17,26H,9H2,1-5H3/t17-/m1/s1. The fourth-order valence-electron chi connectivity index (χ4n) is 3.77. The third kappa shape index (κ3) is 3.05. The number of rotatable bonds is 4. The summed E-state index contributed by atoms with van der Waals surface area (Å²) in [6, 6.07) is 5.03. The number of phenols is 1. The van der Waals surface area contributed by atoms with Gasteiger partial charge in [0.25, 0.3) is 0 Å². The summed E-state index contributed by atoms with van der Waals surface area (Å²) in [5.41, 5.74) is 2.49. The first-order chi connectivity index (χ1) is 13.2. The molecule has 0 spiro atoms. The van der Waals surface area contributed by atoms with E-state index < -0.39 is 6.10 Å². The van der Waals surface area contributed by atoms with E-state index in [-0.39, 0.29) is 40.8 Å². The second kappa shape index (κ2) is 7.11. The molecule has 1 aliphatic heterocycles. The molecule has 0 fully saturated rings. The second-order valence-corrected chi connectivity index (χ2v) is 6.98. The summed E-state index contributed by atoms with van der Waals surface area (Å²) in [6.07, 6.45) is -0.586. The normalized spacial score (nSPS) is 15.6. The lowest BCUT2D eigenvalue weighted by Crippen LogP contribution is -2.23. The maximum Gasteiger partial charge on any atom is 0.174 e. The lowest BCUT2D eigenvalue weighted by Gasteiger charge is -2.29. The predicted octanol–water partition coefficient (Wildman–Crippen LogP) is 4.13. The number of ether oxygens (including phenoxy) is 2. The molecule has 6 heteroatoms. The summed E-state index contributed by atoms with van der Waals surface area (Å²) < 4.78 is 11.4. The molecule has 3 rings (SSSR count). The van der Waals surface area contributed by atoms with Crippen molar-refractivity contribution in [3.8, 4) is 17.2 Å². The summed E-state index contributed by atoms with van der Waals surface area (Å²) in [5, 5.41) is 10.5. The third-order valence-corrected chi connectivity index (χ3v) is 5.15. The van der Waals surface area contributed by atoms with E-state index in [1.807, 2.05) is 0 Å². The van der Waals surface area contributed by atoms with Crippen molar-refractivity contribution in [1.82, 2.24) is 0 Å². The number of carbonyl (C=O) groups excluding carboxylic acids is 3. The quantitative estimate of drug-likeness (QED) is 0.800. The van der Waals surface area contributed by atoms with E-state index in [1.165, 1.54) is 21.0 Å². The van der Waals surface area contributed by atoms with Crippen LogP contribution < -0.4 is 9.47 Å². The highest BCUT2D eigenvalue weighted by Crippen LogP contribution is 2.45. The van der Waals surface area contributed by atoms with Crippen molar-refractivity contribution in [3.05, 3.63) is 51.6 Å². The molecular weight excluding hydrogens is 360 g/mol. The van der Waals surface area contributed by atoms with Gasteiger partial charge in [-0.1, -0.05) is 6.07 Å². The zero-order chi connectivity index (χ0) is 20.7. The van der Waals surface area contributed by atoms with Crippen LogP contribution in [-0.4, -0.2) is 29.6 Å². The van der Waals surface area contributed by atoms with Gasteiger partial charge in [-0.05, 0) is 45.4 Å². The van der Waals surface area contributed by atoms with Crippen LogP contribution in [-0.2, 0) is 0 Å². The van der Waals surface area contributed by atoms with Crippen LogP contribution in [0.2, 0.25) is 0 Å². The van der Waals surface area contributed by atoms with Gasteiger partial charge >= 0.3 is 0 Å². The Balaban J connectivity index is 2.12. The van der Waals surface area contributed by atoms with Gasteiger partial charge < -0.3 is 14.6 Å². The second-order valence-electron chi connectivity index (χ2n) is 6.98. The number of hydrogen-bond donors (Lipinski definition) is 1. The van der Waals surface area contributed by atoms with Crippen molar-refractivity contribution < 1.29 is 29.0 Å². The lowest BCUT2D eigenvalue weighted by molar-refractivity contribution is 0.0838. The van der Waals surface area contributed by atoms with Crippen molar-refractivity contribution in [2.24, 2.45) is 0 Å². The van der Waals surface area contributed by atoms with Gasteiger partial charge in [0.05, 0.1) is 19.1 Å². The third-order valence-electron chi connectivity index (χ3n) is 5.15. The Morgan fingerprint density at radius 1 is 1.14 bits per heavy atom. The topological polar surface area (TPSA) is 89.9 Å². The Morgan fingerprint density at radius 2 is 1.82 bits per heavy atom. The summed E-state index contributed by atoms with van der Waals surface area (Å²) in [6.45, 7) is 6.18. The van der Waals surface area contributed by atoms with Crippen molar-refractivity contribution in [3.63, 3.8) is 0 Å². The summed E-state index contributed by atoms with van der Waals surface area (Å²) in [7, 11) is 1.47. The highest BCUT2D eigenvalue weighted by Gasteiger charge is 2.34. The van der Waals surface area contributed by atoms with E-state index in [0.29, 0.717) is 33.6 Å². The Bertz CT molecular complexity index is 1020. The monoisotopic (exact) mass is 382 g/mol. The van der Waals surface area contributed by atoms with Crippen LogP contribution in [0.3, 0.4) is 0 Å². The van der Waals surface area contributed by atoms with Crippen LogP contribution in [0.5, 0.6) is 17.2 Å². The number of Topliss-reactive ketones (excluding diaryl/α,β-unsaturated/α-hetero) is 3. The van der Waals surface area contributed by atoms with Gasteiger partial charge in [0.2, 0.25) is 0 Å². The molecule has 6 nitrogen and oxygen atoms in total. The average Bonchev–Trinajstić information content (AvgIpc) is 2.64. The minimum absolute atomic E-state index is 0.0292. The Hall–Kier alpha value is -3.15. The molecule has 1 heterocycles. The van der Waals surface area contributed by atoms with Crippen molar-refractivity contribution in [2.75, 3.05) is 7.11 Å². The van der Waals surface area contributed by atoms with E-state index >= 15 is 0 Å². The van der Waals surface area contributed by atoms with E-state index in [2.05, 4.69) is 0 Å². The Labute approximate surface area is 163 Å². The van der Waals surface area contributed by atoms with Gasteiger partial charge in [-0.15, -0.1) is 0 Å². The molecule has 0 saturated heterocycles. The predicted molar refractivity (Wildman–Crippen MR) is 103 cm³/mol. The number of carbonyl (C=O) groups is 3. The molecule has 1 aliphatic rings. The van der Waals surface area contributed by atoms with Gasteiger partial charge in [0.1, 0.15) is 28.9 Å². The molecule has 146 valence electrons. The Kier molecular flexibility index (Phi) is 4.98. The van der Waals surface area contributed by atoms with E-state index in [9.17, 15) is 19.5 Å². The summed E-state index contributed by atoms with van der Waals surface area (Å²) >= 11 is 0. The first-order valence-corrected chi connectivity index (χ1v) is 8.93. The molecule has 0 bridgehead atoms. The summed E-state index contributed by atoms with van der Waals surface area (Å²) in [5.74, 6) is -0.183. The SMILES string of the molecule is COc1cc([C@H]2CC(=O)c3c(O)c(C)c(C(C)=O)c(C)c3O2)ccc1C(C)=O. The highest BCUT2D eigenvalue weighted by molar-refractivity contribution is 6.07. The van der Waals surface area contributed by atoms with E-state index in [0.717, 1.165) is 0 Å². The van der Waals surface area contributed by atoms with Crippen LogP contribution in [0, 0.1) is 13.8 Å². The lowest BCUT2D eigenvalue weighted by atomic mass is 9.88. The molecule has 2 aromatic rings. The molecule has 2 aromatic carbocycles. The minimum atomic E-state index is -0.615. The number of methoxy groups -OCH3 is 1. The Morgan fingerprint density at radius 3 is 2.39 bits per heavy atom. The van der Waals surface area contributed by atoms with Crippen molar-refractivity contribution in [1.29, 1.82) is 0 Å². The molecule has 0 saturated carbocycles. The zero-order valence-electron chi connectivity index (χ0n) is 16.5. The molecule has 28 heavy (non-hydrogen) atoms. The fourth-order valence-corrected chi connectivity index (χ4v) is 3.77. The van der Waals surface area contributed by atoms with Crippen LogP contribution in [0.1, 0.15) is 74.1 Å². The van der Waals surface area contributed by atoms with Gasteiger partial charge in [0, 0.05) is 16.7 Å². The molecule has 1 atom stereocenters. The van der Waals surface area contributed by atoms with Crippen LogP contribution in [0.25, 0.3) is 0 Å². The van der Waals surface area contributed by atoms with E-state index in [1.54, 1.807) is 32.0 Å². The van der Waals surface area contributed by atoms with Gasteiger partial charge in [-0.2, -0.15) is 0 Å². The number of aromatic hydroxyl groups is 1. The van der Waals surface area contributed by atoms with Crippen LogP contribution in [0.4, 0.5) is 0 Å². The number of phenolic OH excluding ortho intramolecular Hbond substituents is 1. The molecule has 0 aliphatic carbocycles. The number of hydrogen-bond acceptors (Lipinski definition) is 6. The average molecular weight is 382 g/mol. The van der Waals surface area contributed by atoms with Gasteiger partial charge in [0.15, 0.2) is 17.3 Å². The first kappa shape index (κ1) is 19.6.